The van der Waals surface area contributed by atoms with Crippen molar-refractivity contribution in [3.8, 4) is 0 Å². The van der Waals surface area contributed by atoms with Crippen LogP contribution >= 0.6 is 0 Å². The summed E-state index contributed by atoms with van der Waals surface area (Å²) >= 11 is 0. The molecule has 0 heterocycles. The van der Waals surface area contributed by atoms with Crippen molar-refractivity contribution in [2.24, 2.45) is 23.7 Å². The Kier molecular flexibility index (Phi) is 4.29. The maximum Gasteiger partial charge on any atom is 0.00722 e. The van der Waals surface area contributed by atoms with Crippen LogP contribution in [0.5, 0.6) is 0 Å². The van der Waals surface area contributed by atoms with Crippen LogP contribution in [0.2, 0.25) is 0 Å². The Hall–Kier alpha value is -0.0400. The number of hydrogen-bond acceptors (Lipinski definition) is 1. The fourth-order valence-electron chi connectivity index (χ4n) is 3.96. The third-order valence-corrected chi connectivity index (χ3v) is 4.68. The van der Waals surface area contributed by atoms with E-state index in [1.165, 1.54) is 45.1 Å². The fourth-order valence-corrected chi connectivity index (χ4v) is 3.96. The van der Waals surface area contributed by atoms with E-state index >= 15 is 0 Å². The molecule has 2 fully saturated rings. The molecule has 2 rings (SSSR count). The molecular weight excluding hydrogens is 194 g/mol. The summed E-state index contributed by atoms with van der Waals surface area (Å²) in [5.74, 6) is 3.83. The predicted octanol–water partition coefficient (Wildman–Crippen LogP) is 3.84. The zero-order valence-corrected chi connectivity index (χ0v) is 11.3. The van der Waals surface area contributed by atoms with Gasteiger partial charge >= 0.3 is 0 Å². The van der Waals surface area contributed by atoms with Crippen LogP contribution in [0.4, 0.5) is 0 Å². The summed E-state index contributed by atoms with van der Waals surface area (Å²) in [6, 6.07) is 0.814. The van der Waals surface area contributed by atoms with Gasteiger partial charge in [0.1, 0.15) is 0 Å². The van der Waals surface area contributed by atoms with Crippen LogP contribution in [-0.2, 0) is 0 Å². The quantitative estimate of drug-likeness (QED) is 0.766. The molecule has 2 aliphatic rings. The molecule has 0 amide bonds. The van der Waals surface area contributed by atoms with Crippen LogP contribution in [-0.4, -0.2) is 12.6 Å². The highest BCUT2D eigenvalue weighted by atomic mass is 14.9. The maximum absolute atomic E-state index is 3.84. The SMILES string of the molecule is CC1CCC(CNC2CC(C)CC(C)C2)C1. The molecule has 4 atom stereocenters. The van der Waals surface area contributed by atoms with Crippen LogP contribution in [0.3, 0.4) is 0 Å². The first-order valence-electron chi connectivity index (χ1n) is 7.37. The molecule has 1 N–H and O–H groups in total. The van der Waals surface area contributed by atoms with Gasteiger partial charge < -0.3 is 5.32 Å². The van der Waals surface area contributed by atoms with Crippen LogP contribution < -0.4 is 5.32 Å². The summed E-state index contributed by atoms with van der Waals surface area (Å²) in [6.07, 6.45) is 8.65. The second kappa shape index (κ2) is 5.53. The van der Waals surface area contributed by atoms with E-state index in [0.717, 1.165) is 29.7 Å². The molecule has 1 heteroatoms. The molecule has 0 aromatic carbocycles. The minimum Gasteiger partial charge on any atom is -0.314 e. The normalized spacial score (nSPS) is 44.8. The van der Waals surface area contributed by atoms with Crippen LogP contribution in [0.15, 0.2) is 0 Å². The minimum absolute atomic E-state index is 0.814. The third kappa shape index (κ3) is 3.48. The Morgan fingerprint density at radius 3 is 2.06 bits per heavy atom. The number of nitrogens with one attached hydrogen (secondary N) is 1. The summed E-state index contributed by atoms with van der Waals surface area (Å²) in [5.41, 5.74) is 0. The van der Waals surface area contributed by atoms with Crippen molar-refractivity contribution < 1.29 is 0 Å². The van der Waals surface area contributed by atoms with E-state index in [4.69, 9.17) is 0 Å². The van der Waals surface area contributed by atoms with E-state index in [1.54, 1.807) is 0 Å². The molecule has 1 nitrogen and oxygen atoms in total. The van der Waals surface area contributed by atoms with Crippen molar-refractivity contribution in [2.45, 2.75) is 65.3 Å². The van der Waals surface area contributed by atoms with Gasteiger partial charge in [-0.05, 0) is 62.3 Å². The van der Waals surface area contributed by atoms with Crippen molar-refractivity contribution in [1.29, 1.82) is 0 Å². The minimum atomic E-state index is 0.814. The van der Waals surface area contributed by atoms with Gasteiger partial charge in [-0.2, -0.15) is 0 Å². The molecule has 16 heavy (non-hydrogen) atoms. The smallest absolute Gasteiger partial charge is 0.00722 e. The molecule has 2 saturated carbocycles. The van der Waals surface area contributed by atoms with Crippen molar-refractivity contribution in [1.82, 2.24) is 5.32 Å². The molecular formula is C15H29N. The summed E-state index contributed by atoms with van der Waals surface area (Å²) in [6.45, 7) is 8.53. The second-order valence-corrected chi connectivity index (χ2v) is 6.81. The van der Waals surface area contributed by atoms with Crippen molar-refractivity contribution in [3.05, 3.63) is 0 Å². The Labute approximate surface area is 101 Å². The third-order valence-electron chi connectivity index (χ3n) is 4.68. The van der Waals surface area contributed by atoms with Crippen LogP contribution in [0, 0.1) is 23.7 Å². The van der Waals surface area contributed by atoms with Crippen LogP contribution in [0.1, 0.15) is 59.3 Å². The lowest BCUT2D eigenvalue weighted by atomic mass is 9.80. The summed E-state index contributed by atoms with van der Waals surface area (Å²) in [4.78, 5) is 0. The lowest BCUT2D eigenvalue weighted by Gasteiger charge is -2.32. The van der Waals surface area contributed by atoms with E-state index in [2.05, 4.69) is 26.1 Å². The standard InChI is InChI=1S/C15H29N/c1-11-4-5-14(7-11)10-16-15-8-12(2)6-13(3)9-15/h11-16H,4-10H2,1-3H3. The van der Waals surface area contributed by atoms with Gasteiger partial charge in [0.15, 0.2) is 0 Å². The summed E-state index contributed by atoms with van der Waals surface area (Å²) in [5, 5.41) is 3.84. The van der Waals surface area contributed by atoms with Gasteiger partial charge in [0.05, 0.1) is 0 Å². The first-order valence-corrected chi connectivity index (χ1v) is 7.37. The zero-order chi connectivity index (χ0) is 11.5. The molecule has 0 saturated heterocycles. The number of hydrogen-bond donors (Lipinski definition) is 1. The molecule has 0 aliphatic heterocycles. The van der Waals surface area contributed by atoms with Crippen LogP contribution in [0.25, 0.3) is 0 Å². The molecule has 94 valence electrons. The monoisotopic (exact) mass is 223 g/mol. The van der Waals surface area contributed by atoms with E-state index < -0.39 is 0 Å². The maximum atomic E-state index is 3.84. The molecule has 0 spiro atoms. The van der Waals surface area contributed by atoms with E-state index in [-0.39, 0.29) is 0 Å². The Balaban J connectivity index is 1.69. The second-order valence-electron chi connectivity index (χ2n) is 6.81. The van der Waals surface area contributed by atoms with E-state index in [0.29, 0.717) is 0 Å². The fraction of sp³-hybridized carbons (Fsp3) is 1.00. The Bertz CT molecular complexity index is 203. The average molecular weight is 223 g/mol. The highest BCUT2D eigenvalue weighted by Crippen LogP contribution is 2.31. The van der Waals surface area contributed by atoms with E-state index in [1.807, 2.05) is 0 Å². The Morgan fingerprint density at radius 2 is 1.50 bits per heavy atom. The van der Waals surface area contributed by atoms with Gasteiger partial charge in [-0.25, -0.2) is 0 Å². The molecule has 0 bridgehead atoms. The average Bonchev–Trinajstić information content (AvgIpc) is 2.60. The first-order chi connectivity index (χ1) is 7.63. The largest absolute Gasteiger partial charge is 0.314 e. The summed E-state index contributed by atoms with van der Waals surface area (Å²) in [7, 11) is 0. The highest BCUT2D eigenvalue weighted by Gasteiger charge is 2.26. The van der Waals surface area contributed by atoms with Crippen molar-refractivity contribution >= 4 is 0 Å². The molecule has 0 radical (unpaired) electrons. The van der Waals surface area contributed by atoms with Gasteiger partial charge in [-0.15, -0.1) is 0 Å². The van der Waals surface area contributed by atoms with Gasteiger partial charge in [0, 0.05) is 6.04 Å². The molecule has 4 unspecified atom stereocenters. The van der Waals surface area contributed by atoms with E-state index in [9.17, 15) is 0 Å². The van der Waals surface area contributed by atoms with Crippen molar-refractivity contribution in [2.75, 3.05) is 6.54 Å². The lowest BCUT2D eigenvalue weighted by Crippen LogP contribution is -2.38. The van der Waals surface area contributed by atoms with Gasteiger partial charge in [-0.3, -0.25) is 0 Å². The molecule has 0 aromatic rings. The lowest BCUT2D eigenvalue weighted by molar-refractivity contribution is 0.232. The molecule has 0 aromatic heterocycles. The highest BCUT2D eigenvalue weighted by molar-refractivity contribution is 4.82. The zero-order valence-electron chi connectivity index (χ0n) is 11.3. The van der Waals surface area contributed by atoms with Crippen molar-refractivity contribution in [3.63, 3.8) is 0 Å². The predicted molar refractivity (Wildman–Crippen MR) is 70.5 cm³/mol. The summed E-state index contributed by atoms with van der Waals surface area (Å²) < 4.78 is 0. The molecule has 2 aliphatic carbocycles. The van der Waals surface area contributed by atoms with Gasteiger partial charge in [0.2, 0.25) is 0 Å². The van der Waals surface area contributed by atoms with Gasteiger partial charge in [0.25, 0.3) is 0 Å². The van der Waals surface area contributed by atoms with Gasteiger partial charge in [-0.1, -0.05) is 27.2 Å². The first kappa shape index (κ1) is 12.4. The number of rotatable bonds is 3. The Morgan fingerprint density at radius 1 is 0.812 bits per heavy atom. The topological polar surface area (TPSA) is 12.0 Å².